The zero-order chi connectivity index (χ0) is 13.0. The first-order valence-corrected chi connectivity index (χ1v) is 7.15. The van der Waals surface area contributed by atoms with Gasteiger partial charge in [-0.15, -0.1) is 0 Å². The molecular weight excluding hydrogens is 246 g/mol. The van der Waals surface area contributed by atoms with Gasteiger partial charge in [0, 0.05) is 23.5 Å². The van der Waals surface area contributed by atoms with Crippen molar-refractivity contribution >= 4 is 11.6 Å². The molecule has 2 rings (SSSR count). The van der Waals surface area contributed by atoms with E-state index in [0.717, 1.165) is 37.6 Å². The van der Waals surface area contributed by atoms with Crippen LogP contribution in [0.4, 0.5) is 0 Å². The predicted octanol–water partition coefficient (Wildman–Crippen LogP) is 3.81. The monoisotopic (exact) mass is 267 g/mol. The van der Waals surface area contributed by atoms with Crippen LogP contribution in [0.5, 0.6) is 0 Å². The quantitative estimate of drug-likeness (QED) is 0.899. The lowest BCUT2D eigenvalue weighted by Crippen LogP contribution is -2.34. The Morgan fingerprint density at radius 1 is 1.28 bits per heavy atom. The maximum atomic E-state index is 6.12. The summed E-state index contributed by atoms with van der Waals surface area (Å²) in [7, 11) is 0. The van der Waals surface area contributed by atoms with Gasteiger partial charge in [0.25, 0.3) is 0 Å². The molecule has 0 aromatic heterocycles. The lowest BCUT2D eigenvalue weighted by Gasteiger charge is -2.29. The molecule has 3 heteroatoms. The minimum atomic E-state index is 0.141. The summed E-state index contributed by atoms with van der Waals surface area (Å²) >= 11 is 5.92. The minimum Gasteiger partial charge on any atom is -0.372 e. The molecule has 1 N–H and O–H groups in total. The van der Waals surface area contributed by atoms with Crippen molar-refractivity contribution in [1.82, 2.24) is 5.32 Å². The Balaban J connectivity index is 2.07. The van der Waals surface area contributed by atoms with Gasteiger partial charge in [0.2, 0.25) is 0 Å². The molecule has 1 heterocycles. The van der Waals surface area contributed by atoms with Gasteiger partial charge in [0.1, 0.15) is 0 Å². The first-order valence-electron chi connectivity index (χ1n) is 6.77. The summed E-state index contributed by atoms with van der Waals surface area (Å²) in [6.45, 7) is 7.25. The molecule has 100 valence electrons. The van der Waals surface area contributed by atoms with Crippen LogP contribution in [0.25, 0.3) is 0 Å². The molecule has 0 spiro atoms. The normalized spacial score (nSPS) is 23.6. The number of hydrogen-bond donors (Lipinski definition) is 1. The molecule has 2 nitrogen and oxygen atoms in total. The zero-order valence-corrected chi connectivity index (χ0v) is 12.0. The van der Waals surface area contributed by atoms with Crippen LogP contribution in [-0.4, -0.2) is 19.7 Å². The van der Waals surface area contributed by atoms with Crippen molar-refractivity contribution in [3.8, 4) is 0 Å². The van der Waals surface area contributed by atoms with E-state index in [2.05, 4.69) is 31.3 Å². The van der Waals surface area contributed by atoms with Gasteiger partial charge in [0.05, 0.1) is 12.7 Å². The van der Waals surface area contributed by atoms with Crippen molar-refractivity contribution in [1.29, 1.82) is 0 Å². The molecule has 1 unspecified atom stereocenters. The van der Waals surface area contributed by atoms with Gasteiger partial charge < -0.3 is 10.1 Å². The number of hydrogen-bond acceptors (Lipinski definition) is 2. The third-order valence-corrected chi connectivity index (χ3v) is 4.41. The molecule has 18 heavy (non-hydrogen) atoms. The van der Waals surface area contributed by atoms with Crippen LogP contribution >= 0.6 is 11.6 Å². The van der Waals surface area contributed by atoms with Crippen molar-refractivity contribution in [2.24, 2.45) is 5.41 Å². The Labute approximate surface area is 115 Å². The van der Waals surface area contributed by atoms with Gasteiger partial charge in [0.15, 0.2) is 0 Å². The largest absolute Gasteiger partial charge is 0.372 e. The van der Waals surface area contributed by atoms with Gasteiger partial charge >= 0.3 is 0 Å². The number of nitrogens with one attached hydrogen (secondary N) is 1. The van der Waals surface area contributed by atoms with Crippen LogP contribution in [-0.2, 0) is 4.74 Å². The van der Waals surface area contributed by atoms with E-state index in [4.69, 9.17) is 16.3 Å². The minimum absolute atomic E-state index is 0.141. The average molecular weight is 268 g/mol. The highest BCUT2D eigenvalue weighted by Crippen LogP contribution is 2.31. The molecular formula is C15H22ClNO. The molecule has 0 aliphatic carbocycles. The second kappa shape index (κ2) is 6.05. The molecule has 0 radical (unpaired) electrons. The Kier molecular flexibility index (Phi) is 4.66. The highest BCUT2D eigenvalue weighted by Gasteiger charge is 2.30. The topological polar surface area (TPSA) is 21.3 Å². The van der Waals surface area contributed by atoms with E-state index in [-0.39, 0.29) is 6.10 Å². The molecule has 1 fully saturated rings. The Morgan fingerprint density at radius 2 is 1.94 bits per heavy atom. The van der Waals surface area contributed by atoms with Gasteiger partial charge in [-0.05, 0) is 30.5 Å². The molecule has 1 saturated heterocycles. The van der Waals surface area contributed by atoms with Crippen LogP contribution in [0, 0.1) is 5.41 Å². The number of halogens is 1. The lowest BCUT2D eigenvalue weighted by atomic mass is 9.83. The lowest BCUT2D eigenvalue weighted by molar-refractivity contribution is 0.0103. The van der Waals surface area contributed by atoms with E-state index in [9.17, 15) is 0 Å². The fourth-order valence-electron chi connectivity index (χ4n) is 2.45. The van der Waals surface area contributed by atoms with Crippen molar-refractivity contribution in [2.75, 3.05) is 19.7 Å². The van der Waals surface area contributed by atoms with Gasteiger partial charge in [-0.1, -0.05) is 37.6 Å². The molecule has 0 amide bonds. The fourth-order valence-corrected chi connectivity index (χ4v) is 2.58. The van der Waals surface area contributed by atoms with E-state index in [1.165, 1.54) is 5.56 Å². The van der Waals surface area contributed by atoms with Crippen molar-refractivity contribution < 1.29 is 4.74 Å². The van der Waals surface area contributed by atoms with E-state index in [1.54, 1.807) is 0 Å². The molecule has 1 aliphatic heterocycles. The highest BCUT2D eigenvalue weighted by atomic mass is 35.5. The summed E-state index contributed by atoms with van der Waals surface area (Å²) in [5.74, 6) is 0. The van der Waals surface area contributed by atoms with Gasteiger partial charge in [-0.3, -0.25) is 0 Å². The molecule has 1 aromatic carbocycles. The third kappa shape index (κ3) is 3.05. The highest BCUT2D eigenvalue weighted by molar-refractivity contribution is 6.30. The first-order chi connectivity index (χ1) is 8.69. The van der Waals surface area contributed by atoms with E-state index in [0.29, 0.717) is 5.41 Å². The maximum absolute atomic E-state index is 6.12. The van der Waals surface area contributed by atoms with Gasteiger partial charge in [-0.2, -0.15) is 0 Å². The molecule has 1 aromatic rings. The summed E-state index contributed by atoms with van der Waals surface area (Å²) in [5, 5.41) is 4.32. The van der Waals surface area contributed by atoms with Crippen LogP contribution in [0.1, 0.15) is 38.4 Å². The number of ether oxygens (including phenoxy) is 1. The van der Waals surface area contributed by atoms with Gasteiger partial charge in [-0.25, -0.2) is 0 Å². The Bertz CT molecular complexity index is 373. The average Bonchev–Trinajstić information content (AvgIpc) is 2.63. The first kappa shape index (κ1) is 13.9. The molecule has 1 atom stereocenters. The van der Waals surface area contributed by atoms with Crippen LogP contribution in [0.2, 0.25) is 5.02 Å². The smallest absolute Gasteiger partial charge is 0.0949 e. The number of benzene rings is 1. The van der Waals surface area contributed by atoms with Crippen LogP contribution < -0.4 is 5.32 Å². The zero-order valence-electron chi connectivity index (χ0n) is 11.2. The van der Waals surface area contributed by atoms with E-state index >= 15 is 0 Å². The Hall–Kier alpha value is -0.570. The van der Waals surface area contributed by atoms with E-state index in [1.807, 2.05) is 12.1 Å². The number of rotatable bonds is 3. The predicted molar refractivity (Wildman–Crippen MR) is 76.0 cm³/mol. The summed E-state index contributed by atoms with van der Waals surface area (Å²) in [4.78, 5) is 0. The summed E-state index contributed by atoms with van der Waals surface area (Å²) in [6, 6.07) is 7.97. The molecule has 0 saturated carbocycles. The fraction of sp³-hybridized carbons (Fsp3) is 0.600. The second-order valence-corrected chi connectivity index (χ2v) is 5.63. The Morgan fingerprint density at radius 3 is 2.56 bits per heavy atom. The molecule has 1 aliphatic rings. The summed E-state index contributed by atoms with van der Waals surface area (Å²) < 4.78 is 6.12. The van der Waals surface area contributed by atoms with Crippen molar-refractivity contribution in [2.45, 2.75) is 32.8 Å². The van der Waals surface area contributed by atoms with Crippen LogP contribution in [0.3, 0.4) is 0 Å². The standard InChI is InChI=1S/C15H22ClNO/c1-3-15(4-2)10-17-9-14(18-11-15)12-5-7-13(16)8-6-12/h5-8,14,17H,3-4,9-11H2,1-2H3. The van der Waals surface area contributed by atoms with E-state index < -0.39 is 0 Å². The maximum Gasteiger partial charge on any atom is 0.0949 e. The van der Waals surface area contributed by atoms with Crippen molar-refractivity contribution in [3.63, 3.8) is 0 Å². The van der Waals surface area contributed by atoms with Crippen molar-refractivity contribution in [3.05, 3.63) is 34.9 Å². The second-order valence-electron chi connectivity index (χ2n) is 5.19. The summed E-state index contributed by atoms with van der Waals surface area (Å²) in [6.07, 6.45) is 2.45. The SMILES string of the molecule is CCC1(CC)CNCC(c2ccc(Cl)cc2)OC1. The third-order valence-electron chi connectivity index (χ3n) is 4.16. The molecule has 0 bridgehead atoms. The summed E-state index contributed by atoms with van der Waals surface area (Å²) in [5.41, 5.74) is 1.50. The van der Waals surface area contributed by atoms with Crippen LogP contribution in [0.15, 0.2) is 24.3 Å².